The first kappa shape index (κ1) is 40.4. The Hall–Kier alpha value is -4.28. The van der Waals surface area contributed by atoms with Crippen LogP contribution in [0.1, 0.15) is 55.7 Å². The van der Waals surface area contributed by atoms with E-state index in [9.17, 15) is 37.5 Å². The Morgan fingerprint density at radius 3 is 2.35 bits per heavy atom. The van der Waals surface area contributed by atoms with Crippen molar-refractivity contribution in [3.05, 3.63) is 58.1 Å². The number of halogens is 4. The molecular weight excluding hydrogens is 743 g/mol. The zero-order valence-corrected chi connectivity index (χ0v) is 31.9. The maximum Gasteiger partial charge on any atom is 0.418 e. The third-order valence-corrected chi connectivity index (χ3v) is 12.1. The quantitative estimate of drug-likeness (QED) is 0.314. The average Bonchev–Trinajstić information content (AvgIpc) is 3.33. The highest BCUT2D eigenvalue weighted by atomic mass is 35.5. The highest BCUT2D eigenvalue weighted by molar-refractivity contribution is 6.33. The number of urea groups is 1. The maximum atomic E-state index is 14.6. The number of amides is 4. The van der Waals surface area contributed by atoms with Gasteiger partial charge in [0.05, 0.1) is 16.3 Å². The second-order valence-corrected chi connectivity index (χ2v) is 15.5. The van der Waals surface area contributed by atoms with Gasteiger partial charge in [-0.1, -0.05) is 36.7 Å². The number of ether oxygens (including phenoxy) is 1. The zero-order chi connectivity index (χ0) is 39.7. The molecule has 3 fully saturated rings. The van der Waals surface area contributed by atoms with E-state index >= 15 is 0 Å². The molecule has 0 radical (unpaired) electrons. The first-order valence-corrected chi connectivity index (χ1v) is 19.2. The van der Waals surface area contributed by atoms with Crippen LogP contribution in [0.4, 0.5) is 34.1 Å². The molecule has 0 bridgehead atoms. The number of aliphatic carboxylic acids is 1. The molecule has 4 heterocycles. The molecule has 2 aromatic carbocycles. The highest BCUT2D eigenvalue weighted by Crippen LogP contribution is 2.39. The average molecular weight is 792 g/mol. The predicted molar refractivity (Wildman–Crippen MR) is 200 cm³/mol. The van der Waals surface area contributed by atoms with Crippen LogP contribution in [0, 0.1) is 0 Å². The number of nitrogens with zero attached hydrogens (tertiary/aromatic N) is 5. The van der Waals surface area contributed by atoms with Crippen molar-refractivity contribution < 1.29 is 42.2 Å². The number of hydrogen-bond acceptors (Lipinski definition) is 8. The lowest BCUT2D eigenvalue weighted by molar-refractivity contribution is -0.171. The smallest absolute Gasteiger partial charge is 0.418 e. The first-order chi connectivity index (χ1) is 26.1. The molecule has 4 aliphatic rings. The van der Waals surface area contributed by atoms with Crippen molar-refractivity contribution in [2.45, 2.75) is 81.8 Å². The number of nitrogens with two attached hydrogens (primary N) is 1. The van der Waals surface area contributed by atoms with Gasteiger partial charge in [0.2, 0.25) is 0 Å². The van der Waals surface area contributed by atoms with Gasteiger partial charge in [0.15, 0.2) is 11.6 Å². The summed E-state index contributed by atoms with van der Waals surface area (Å²) >= 11 is 6.14. The molecule has 6 rings (SSSR count). The molecule has 0 saturated carbocycles. The minimum Gasteiger partial charge on any atom is -0.479 e. The third kappa shape index (κ3) is 8.60. The molecule has 0 aromatic heterocycles. The fraction of sp³-hybridized carbons (Fsp3) is 0.579. The van der Waals surface area contributed by atoms with Crippen molar-refractivity contribution in [3.63, 3.8) is 0 Å². The lowest BCUT2D eigenvalue weighted by Gasteiger charge is -2.51. The van der Waals surface area contributed by atoms with Gasteiger partial charge in [0, 0.05) is 63.5 Å². The molecule has 4 aliphatic heterocycles. The lowest BCUT2D eigenvalue weighted by Crippen LogP contribution is -2.70. The Morgan fingerprint density at radius 1 is 1.02 bits per heavy atom. The normalized spacial score (nSPS) is 22.8. The van der Waals surface area contributed by atoms with Crippen molar-refractivity contribution in [2.24, 2.45) is 0 Å². The SMILES string of the molecule is CC[C@@]1(C(=O)O)CN(C2CCN(C)CC2)CCN1C(=O)[C@@H](Cc1cc(Cl)c(N)c(C(F)(F)F)c1)OC(=O)N1CCC(N2CCc3ccccc3NC2=O)CC1. The first-order valence-electron chi connectivity index (χ1n) is 18.8. The van der Waals surface area contributed by atoms with Crippen LogP contribution >= 0.6 is 11.6 Å². The molecule has 4 amide bonds. The van der Waals surface area contributed by atoms with Gasteiger partial charge in [0.1, 0.15) is 0 Å². The largest absolute Gasteiger partial charge is 0.479 e. The van der Waals surface area contributed by atoms with E-state index in [-0.39, 0.29) is 61.3 Å². The van der Waals surface area contributed by atoms with Crippen molar-refractivity contribution in [3.8, 4) is 0 Å². The third-order valence-electron chi connectivity index (χ3n) is 11.8. The zero-order valence-electron chi connectivity index (χ0n) is 31.1. The van der Waals surface area contributed by atoms with Crippen LogP contribution in [0.25, 0.3) is 0 Å². The van der Waals surface area contributed by atoms with Crippen LogP contribution in [-0.2, 0) is 33.3 Å². The number of carboxylic acids is 1. The Balaban J connectivity index is 1.22. The van der Waals surface area contributed by atoms with Crippen molar-refractivity contribution in [2.75, 3.05) is 70.5 Å². The van der Waals surface area contributed by atoms with E-state index in [1.54, 1.807) is 11.8 Å². The van der Waals surface area contributed by atoms with E-state index in [0.29, 0.717) is 32.4 Å². The van der Waals surface area contributed by atoms with E-state index in [1.807, 2.05) is 31.3 Å². The number of carboxylic acid groups (broad SMARTS) is 1. The molecule has 2 aromatic rings. The van der Waals surface area contributed by atoms with Gasteiger partial charge in [-0.3, -0.25) is 9.69 Å². The molecule has 0 unspecified atom stereocenters. The standard InChI is InChI=1S/C38H49ClF3N7O6/c1-3-37(34(51)52)23-47(26-9-13-45(2)14-10-26)18-19-49(37)33(50)31(22-24-20-28(38(40,41)42)32(43)29(39)21-24)55-36(54)46-15-11-27(12-16-46)48-17-8-25-6-4-5-7-30(25)44-35(48)53/h4-7,20-21,26-27,31H,3,8-19,22-23,43H2,1-2H3,(H,44,53)(H,51,52)/t31-,37+/m1/s1. The molecule has 55 heavy (non-hydrogen) atoms. The van der Waals surface area contributed by atoms with Crippen LogP contribution in [0.3, 0.4) is 0 Å². The number of nitrogens with one attached hydrogen (secondary N) is 1. The summed E-state index contributed by atoms with van der Waals surface area (Å²) < 4.78 is 47.8. The summed E-state index contributed by atoms with van der Waals surface area (Å²) in [4.78, 5) is 63.4. The van der Waals surface area contributed by atoms with Gasteiger partial charge in [-0.05, 0) is 88.0 Å². The number of carbonyl (C=O) groups is 4. The monoisotopic (exact) mass is 791 g/mol. The number of piperazine rings is 1. The fourth-order valence-electron chi connectivity index (χ4n) is 8.46. The van der Waals surface area contributed by atoms with Crippen LogP contribution < -0.4 is 11.1 Å². The predicted octanol–water partition coefficient (Wildman–Crippen LogP) is 5.02. The molecular formula is C38H49ClF3N7O6. The van der Waals surface area contributed by atoms with E-state index in [2.05, 4.69) is 15.1 Å². The molecule has 3 saturated heterocycles. The fourth-order valence-corrected chi connectivity index (χ4v) is 8.70. The van der Waals surface area contributed by atoms with E-state index in [0.717, 1.165) is 43.2 Å². The number of alkyl halides is 3. The van der Waals surface area contributed by atoms with Gasteiger partial charge in [-0.25, -0.2) is 14.4 Å². The van der Waals surface area contributed by atoms with Gasteiger partial charge in [-0.15, -0.1) is 0 Å². The molecule has 0 aliphatic carbocycles. The Labute approximate surface area is 323 Å². The van der Waals surface area contributed by atoms with Crippen molar-refractivity contribution >= 4 is 47.0 Å². The number of nitrogen functional groups attached to an aromatic ring is 1. The second kappa shape index (κ2) is 16.4. The summed E-state index contributed by atoms with van der Waals surface area (Å²) in [6.07, 6.45) is -4.67. The molecule has 4 N–H and O–H groups in total. The maximum absolute atomic E-state index is 14.6. The number of hydrogen-bond donors (Lipinski definition) is 3. The van der Waals surface area contributed by atoms with Crippen LogP contribution in [0.2, 0.25) is 5.02 Å². The minimum atomic E-state index is -4.86. The topological polar surface area (TPSA) is 152 Å². The van der Waals surface area contributed by atoms with Crippen molar-refractivity contribution in [1.82, 2.24) is 24.5 Å². The van der Waals surface area contributed by atoms with Gasteiger partial charge < -0.3 is 40.5 Å². The Morgan fingerprint density at radius 2 is 1.69 bits per heavy atom. The molecule has 2 atom stereocenters. The number of fused-ring (bicyclic) bond motifs is 1. The number of rotatable bonds is 8. The highest BCUT2D eigenvalue weighted by Gasteiger charge is 2.52. The number of piperidine rings is 2. The van der Waals surface area contributed by atoms with Gasteiger partial charge in [-0.2, -0.15) is 13.2 Å². The van der Waals surface area contributed by atoms with E-state index < -0.39 is 53.5 Å². The number of para-hydroxylation sites is 1. The van der Waals surface area contributed by atoms with E-state index in [1.165, 1.54) is 15.9 Å². The Bertz CT molecular complexity index is 1770. The number of benzene rings is 2. The summed E-state index contributed by atoms with van der Waals surface area (Å²) in [7, 11) is 2.03. The van der Waals surface area contributed by atoms with Gasteiger partial charge >= 0.3 is 24.3 Å². The summed E-state index contributed by atoms with van der Waals surface area (Å²) in [6, 6.07) is 9.28. The van der Waals surface area contributed by atoms with E-state index in [4.69, 9.17) is 22.1 Å². The second-order valence-electron chi connectivity index (χ2n) is 15.0. The summed E-state index contributed by atoms with van der Waals surface area (Å²) in [5.41, 5.74) is 3.85. The van der Waals surface area contributed by atoms with Crippen LogP contribution in [0.5, 0.6) is 0 Å². The van der Waals surface area contributed by atoms with Gasteiger partial charge in [0.25, 0.3) is 5.91 Å². The number of anilines is 2. The minimum absolute atomic E-state index is 0.0167. The summed E-state index contributed by atoms with van der Waals surface area (Å²) in [6.45, 7) is 4.71. The molecule has 17 heteroatoms. The number of carbonyl (C=O) groups excluding carboxylic acids is 3. The number of likely N-dealkylation sites (tertiary alicyclic amines) is 2. The van der Waals surface area contributed by atoms with Crippen molar-refractivity contribution in [1.29, 1.82) is 0 Å². The lowest BCUT2D eigenvalue weighted by atomic mass is 9.87. The summed E-state index contributed by atoms with van der Waals surface area (Å²) in [5, 5.41) is 13.3. The summed E-state index contributed by atoms with van der Waals surface area (Å²) in [5.74, 6) is -2.04. The van der Waals surface area contributed by atoms with Crippen LogP contribution in [-0.4, -0.2) is 137 Å². The molecule has 0 spiro atoms. The Kier molecular flexibility index (Phi) is 12.1. The molecule has 13 nitrogen and oxygen atoms in total. The molecule has 300 valence electrons. The van der Waals surface area contributed by atoms with Crippen LogP contribution in [0.15, 0.2) is 36.4 Å².